The van der Waals surface area contributed by atoms with Crippen molar-refractivity contribution < 1.29 is 13.8 Å². The first-order chi connectivity index (χ1) is 6.58. The third-order valence-corrected chi connectivity index (χ3v) is 1.97. The normalized spacial score (nSPS) is 11.3. The van der Waals surface area contributed by atoms with E-state index < -0.39 is 7.67 Å². The van der Waals surface area contributed by atoms with Crippen molar-refractivity contribution in [1.29, 1.82) is 0 Å². The lowest BCUT2D eigenvalue weighted by atomic mass is 10.3. The number of hydrogen-bond acceptors (Lipinski definition) is 3. The number of hydrogen-bond donors (Lipinski definition) is 2. The topological polar surface area (TPSA) is 87.6 Å². The second kappa shape index (κ2) is 5.12. The lowest BCUT2D eigenvalue weighted by molar-refractivity contribution is 0.218. The Labute approximate surface area is 82.6 Å². The van der Waals surface area contributed by atoms with E-state index in [0.29, 0.717) is 0 Å². The quantitative estimate of drug-likeness (QED) is 0.568. The first kappa shape index (κ1) is 11.2. The van der Waals surface area contributed by atoms with E-state index in [1.807, 2.05) is 30.3 Å². The van der Waals surface area contributed by atoms with Crippen LogP contribution in [0.4, 0.5) is 0 Å². The van der Waals surface area contributed by atoms with Crippen molar-refractivity contribution in [2.45, 2.75) is 0 Å². The average molecular weight is 216 g/mol. The van der Waals surface area contributed by atoms with Gasteiger partial charge in [-0.1, -0.05) is 18.2 Å². The van der Waals surface area contributed by atoms with E-state index in [0.717, 1.165) is 5.75 Å². The molecular formula is C8H13N2O3P. The molecule has 0 aliphatic heterocycles. The average Bonchev–Trinajstić information content (AvgIpc) is 2.13. The summed E-state index contributed by atoms with van der Waals surface area (Å²) in [7, 11) is -3.37. The van der Waals surface area contributed by atoms with E-state index in [1.54, 1.807) is 0 Å². The van der Waals surface area contributed by atoms with Gasteiger partial charge in [0.1, 0.15) is 12.4 Å². The summed E-state index contributed by atoms with van der Waals surface area (Å²) in [6.45, 7) is 0.377. The second-order valence-electron chi connectivity index (χ2n) is 2.64. The number of para-hydroxylation sites is 1. The Balaban J connectivity index is 2.20. The van der Waals surface area contributed by atoms with E-state index in [2.05, 4.69) is 4.52 Å². The van der Waals surface area contributed by atoms with Gasteiger partial charge in [0.2, 0.25) is 0 Å². The number of rotatable bonds is 5. The summed E-state index contributed by atoms with van der Waals surface area (Å²) < 4.78 is 20.6. The van der Waals surface area contributed by atoms with Crippen LogP contribution < -0.4 is 15.7 Å². The van der Waals surface area contributed by atoms with Crippen LogP contribution in [-0.4, -0.2) is 13.2 Å². The standard InChI is InChI=1S/C8H13N2O3P/c9-14(10,11)13-7-6-12-8-4-2-1-3-5-8/h1-5H,6-7H2,(H4,9,10,11). The molecule has 14 heavy (non-hydrogen) atoms. The fraction of sp³-hybridized carbons (Fsp3) is 0.250. The maximum Gasteiger partial charge on any atom is 0.335 e. The van der Waals surface area contributed by atoms with E-state index in [1.165, 1.54) is 0 Å². The molecule has 0 spiro atoms. The molecule has 4 N–H and O–H groups in total. The number of ether oxygens (including phenoxy) is 1. The van der Waals surface area contributed by atoms with Crippen LogP contribution in [0.1, 0.15) is 0 Å². The fourth-order valence-electron chi connectivity index (χ4n) is 0.856. The van der Waals surface area contributed by atoms with Crippen LogP contribution in [0, 0.1) is 0 Å². The van der Waals surface area contributed by atoms with Crippen molar-refractivity contribution in [1.82, 2.24) is 0 Å². The number of nitrogens with two attached hydrogens (primary N) is 2. The van der Waals surface area contributed by atoms with Crippen molar-refractivity contribution in [2.75, 3.05) is 13.2 Å². The molecule has 0 heterocycles. The molecule has 0 bridgehead atoms. The van der Waals surface area contributed by atoms with Crippen LogP contribution in [-0.2, 0) is 9.09 Å². The molecule has 0 aliphatic carbocycles. The lowest BCUT2D eigenvalue weighted by Gasteiger charge is -2.08. The van der Waals surface area contributed by atoms with Crippen LogP contribution >= 0.6 is 7.67 Å². The highest BCUT2D eigenvalue weighted by Crippen LogP contribution is 2.25. The number of benzene rings is 1. The predicted molar refractivity (Wildman–Crippen MR) is 53.9 cm³/mol. The zero-order chi connectivity index (χ0) is 10.4. The summed E-state index contributed by atoms with van der Waals surface area (Å²) in [5, 5.41) is 0. The lowest BCUT2D eigenvalue weighted by Crippen LogP contribution is -2.13. The molecule has 6 heteroatoms. The van der Waals surface area contributed by atoms with E-state index in [9.17, 15) is 4.57 Å². The van der Waals surface area contributed by atoms with Crippen LogP contribution in [0.2, 0.25) is 0 Å². The van der Waals surface area contributed by atoms with Gasteiger partial charge in [-0.3, -0.25) is 4.57 Å². The Kier molecular flexibility index (Phi) is 4.10. The van der Waals surface area contributed by atoms with Gasteiger partial charge in [-0.15, -0.1) is 0 Å². The summed E-state index contributed by atoms with van der Waals surface area (Å²) in [6.07, 6.45) is 0. The van der Waals surface area contributed by atoms with E-state index in [4.69, 9.17) is 15.7 Å². The molecule has 0 saturated carbocycles. The van der Waals surface area contributed by atoms with Crippen LogP contribution in [0.3, 0.4) is 0 Å². The molecule has 1 aromatic rings. The Morgan fingerprint density at radius 2 is 1.79 bits per heavy atom. The van der Waals surface area contributed by atoms with Gasteiger partial charge in [0.15, 0.2) is 0 Å². The molecule has 0 unspecified atom stereocenters. The molecule has 0 saturated heterocycles. The van der Waals surface area contributed by atoms with E-state index in [-0.39, 0.29) is 13.2 Å². The molecule has 1 aromatic carbocycles. The third kappa shape index (κ3) is 4.99. The highest BCUT2D eigenvalue weighted by molar-refractivity contribution is 7.53. The maximum absolute atomic E-state index is 10.7. The summed E-state index contributed by atoms with van der Waals surface area (Å²) in [4.78, 5) is 0. The van der Waals surface area contributed by atoms with Gasteiger partial charge < -0.3 is 9.26 Å². The molecule has 0 amide bonds. The molecule has 5 nitrogen and oxygen atoms in total. The molecule has 0 radical (unpaired) electrons. The smallest absolute Gasteiger partial charge is 0.335 e. The van der Waals surface area contributed by atoms with Gasteiger partial charge in [-0.25, -0.2) is 11.0 Å². The van der Waals surface area contributed by atoms with Gasteiger partial charge in [0, 0.05) is 0 Å². The SMILES string of the molecule is NP(N)(=O)OCCOc1ccccc1. The van der Waals surface area contributed by atoms with Crippen molar-refractivity contribution in [3.8, 4) is 5.75 Å². The zero-order valence-corrected chi connectivity index (χ0v) is 8.52. The summed E-state index contributed by atoms with van der Waals surface area (Å²) in [6, 6.07) is 9.21. The van der Waals surface area contributed by atoms with Crippen molar-refractivity contribution in [3.63, 3.8) is 0 Å². The highest BCUT2D eigenvalue weighted by atomic mass is 31.2. The van der Waals surface area contributed by atoms with Gasteiger partial charge in [-0.05, 0) is 12.1 Å². The zero-order valence-electron chi connectivity index (χ0n) is 7.63. The molecule has 0 aromatic heterocycles. The van der Waals surface area contributed by atoms with Gasteiger partial charge in [-0.2, -0.15) is 0 Å². The summed E-state index contributed by atoms with van der Waals surface area (Å²) in [5.41, 5.74) is 9.94. The Bertz CT molecular complexity index is 312. The second-order valence-corrected chi connectivity index (χ2v) is 4.19. The Morgan fingerprint density at radius 3 is 2.36 bits per heavy atom. The van der Waals surface area contributed by atoms with Crippen LogP contribution in [0.5, 0.6) is 5.75 Å². The van der Waals surface area contributed by atoms with E-state index >= 15 is 0 Å². The molecule has 1 rings (SSSR count). The summed E-state index contributed by atoms with van der Waals surface area (Å²) in [5.74, 6) is 0.722. The highest BCUT2D eigenvalue weighted by Gasteiger charge is 2.07. The predicted octanol–water partition coefficient (Wildman–Crippen LogP) is 1.11. The van der Waals surface area contributed by atoms with Gasteiger partial charge >= 0.3 is 7.67 Å². The van der Waals surface area contributed by atoms with Crippen molar-refractivity contribution in [2.24, 2.45) is 11.0 Å². The first-order valence-corrected chi connectivity index (χ1v) is 5.84. The van der Waals surface area contributed by atoms with Gasteiger partial charge in [0.05, 0.1) is 6.61 Å². The molecule has 78 valence electrons. The fourth-order valence-corrected chi connectivity index (χ4v) is 1.22. The van der Waals surface area contributed by atoms with Crippen LogP contribution in [0.25, 0.3) is 0 Å². The molecule has 0 fully saturated rings. The largest absolute Gasteiger partial charge is 0.491 e. The molecule has 0 atom stereocenters. The maximum atomic E-state index is 10.7. The Hall–Kier alpha value is -0.870. The monoisotopic (exact) mass is 216 g/mol. The van der Waals surface area contributed by atoms with Crippen LogP contribution in [0.15, 0.2) is 30.3 Å². The Morgan fingerprint density at radius 1 is 1.14 bits per heavy atom. The first-order valence-electron chi connectivity index (χ1n) is 4.07. The van der Waals surface area contributed by atoms with Gasteiger partial charge in [0.25, 0.3) is 0 Å². The molecular weight excluding hydrogens is 203 g/mol. The van der Waals surface area contributed by atoms with Crippen molar-refractivity contribution >= 4 is 7.67 Å². The molecule has 0 aliphatic rings. The minimum absolute atomic E-state index is 0.110. The summed E-state index contributed by atoms with van der Waals surface area (Å²) >= 11 is 0. The third-order valence-electron chi connectivity index (χ3n) is 1.39. The minimum atomic E-state index is -3.37. The van der Waals surface area contributed by atoms with Crippen molar-refractivity contribution in [3.05, 3.63) is 30.3 Å². The minimum Gasteiger partial charge on any atom is -0.491 e.